The number of nitrogens with one attached hydrogen (secondary N) is 1. The third kappa shape index (κ3) is 3.10. The maximum atomic E-state index is 11.9. The van der Waals surface area contributed by atoms with Crippen molar-refractivity contribution in [3.05, 3.63) is 62.9 Å². The van der Waals surface area contributed by atoms with E-state index in [9.17, 15) is 14.9 Å². The van der Waals surface area contributed by atoms with E-state index >= 15 is 0 Å². The molecule has 0 unspecified atom stereocenters. The maximum Gasteiger partial charge on any atom is 0.274 e. The number of carbonyl (C=O) groups is 1. The minimum Gasteiger partial charge on any atom is -0.321 e. The smallest absolute Gasteiger partial charge is 0.274 e. The molecule has 0 fully saturated rings. The summed E-state index contributed by atoms with van der Waals surface area (Å²) >= 11 is 5.78. The van der Waals surface area contributed by atoms with Gasteiger partial charge < -0.3 is 5.32 Å². The van der Waals surface area contributed by atoms with E-state index in [0.717, 1.165) is 0 Å². The van der Waals surface area contributed by atoms with Gasteiger partial charge in [0.25, 0.3) is 11.6 Å². The van der Waals surface area contributed by atoms with Crippen molar-refractivity contribution >= 4 is 28.9 Å². The standard InChI is InChI=1S/C13H10ClN3O3/c1-8-6-10(2-3-12(8)17(19)20)16-13(18)11-7-9(14)4-5-15-11/h2-7H,1H3,(H,16,18). The van der Waals surface area contributed by atoms with Crippen molar-refractivity contribution < 1.29 is 9.72 Å². The van der Waals surface area contributed by atoms with Crippen molar-refractivity contribution in [2.45, 2.75) is 6.92 Å². The van der Waals surface area contributed by atoms with Crippen LogP contribution in [0.25, 0.3) is 0 Å². The number of nitrogens with zero attached hydrogens (tertiary/aromatic N) is 2. The van der Waals surface area contributed by atoms with Crippen molar-refractivity contribution in [3.8, 4) is 0 Å². The number of amides is 1. The van der Waals surface area contributed by atoms with Crippen molar-refractivity contribution in [1.82, 2.24) is 4.98 Å². The van der Waals surface area contributed by atoms with Gasteiger partial charge in [0.2, 0.25) is 0 Å². The monoisotopic (exact) mass is 291 g/mol. The number of aromatic nitrogens is 1. The van der Waals surface area contributed by atoms with Gasteiger partial charge in [-0.15, -0.1) is 0 Å². The first kappa shape index (κ1) is 14.0. The summed E-state index contributed by atoms with van der Waals surface area (Å²) in [6.45, 7) is 1.60. The second kappa shape index (κ2) is 5.66. The fourth-order valence-corrected chi connectivity index (χ4v) is 1.82. The van der Waals surface area contributed by atoms with Crippen LogP contribution in [0.3, 0.4) is 0 Å². The molecular weight excluding hydrogens is 282 g/mol. The Morgan fingerprint density at radius 3 is 2.70 bits per heavy atom. The van der Waals surface area contributed by atoms with Gasteiger partial charge in [0.1, 0.15) is 5.69 Å². The predicted octanol–water partition coefficient (Wildman–Crippen LogP) is 3.20. The van der Waals surface area contributed by atoms with E-state index < -0.39 is 10.8 Å². The highest BCUT2D eigenvalue weighted by Gasteiger charge is 2.12. The minimum atomic E-state index is -0.473. The molecule has 0 radical (unpaired) electrons. The molecule has 102 valence electrons. The van der Waals surface area contributed by atoms with Crippen molar-refractivity contribution in [3.63, 3.8) is 0 Å². The molecular formula is C13H10ClN3O3. The molecule has 1 aromatic heterocycles. The summed E-state index contributed by atoms with van der Waals surface area (Å²) in [4.78, 5) is 26.1. The maximum absolute atomic E-state index is 11.9. The Hall–Kier alpha value is -2.47. The van der Waals surface area contributed by atoms with E-state index in [1.54, 1.807) is 13.0 Å². The Balaban J connectivity index is 2.20. The van der Waals surface area contributed by atoms with E-state index in [2.05, 4.69) is 10.3 Å². The molecule has 20 heavy (non-hydrogen) atoms. The van der Waals surface area contributed by atoms with Gasteiger partial charge >= 0.3 is 0 Å². The average molecular weight is 292 g/mol. The van der Waals surface area contributed by atoms with Crippen LogP contribution in [0.15, 0.2) is 36.5 Å². The number of nitro benzene ring substituents is 1. The Morgan fingerprint density at radius 1 is 1.35 bits per heavy atom. The molecule has 1 heterocycles. The molecule has 0 atom stereocenters. The van der Waals surface area contributed by atoms with E-state index in [0.29, 0.717) is 16.3 Å². The third-order valence-corrected chi connectivity index (χ3v) is 2.84. The van der Waals surface area contributed by atoms with Gasteiger partial charge in [0.05, 0.1) is 4.92 Å². The highest BCUT2D eigenvalue weighted by molar-refractivity contribution is 6.30. The highest BCUT2D eigenvalue weighted by Crippen LogP contribution is 2.22. The second-order valence-electron chi connectivity index (χ2n) is 4.07. The van der Waals surface area contributed by atoms with Crippen molar-refractivity contribution in [2.24, 2.45) is 0 Å². The fourth-order valence-electron chi connectivity index (χ4n) is 1.66. The van der Waals surface area contributed by atoms with E-state index in [1.807, 2.05) is 0 Å². The topological polar surface area (TPSA) is 85.1 Å². The van der Waals surface area contributed by atoms with Crippen LogP contribution >= 0.6 is 11.6 Å². The van der Waals surface area contributed by atoms with Gasteiger partial charge in [-0.25, -0.2) is 0 Å². The van der Waals surface area contributed by atoms with Crippen LogP contribution < -0.4 is 5.32 Å². The van der Waals surface area contributed by atoms with Gasteiger partial charge in [-0.05, 0) is 31.2 Å². The minimum absolute atomic E-state index is 0.00359. The molecule has 0 spiro atoms. The first-order valence-corrected chi connectivity index (χ1v) is 6.03. The lowest BCUT2D eigenvalue weighted by atomic mass is 10.2. The Morgan fingerprint density at radius 2 is 2.10 bits per heavy atom. The molecule has 0 aliphatic rings. The van der Waals surface area contributed by atoms with Crippen LogP contribution in [-0.4, -0.2) is 15.8 Å². The summed E-state index contributed by atoms with van der Waals surface area (Å²) in [5, 5.41) is 13.7. The quantitative estimate of drug-likeness (QED) is 0.695. The van der Waals surface area contributed by atoms with E-state index in [4.69, 9.17) is 11.6 Å². The van der Waals surface area contributed by atoms with Crippen LogP contribution in [0.5, 0.6) is 0 Å². The van der Waals surface area contributed by atoms with Gasteiger partial charge in [-0.2, -0.15) is 0 Å². The molecule has 7 heteroatoms. The summed E-state index contributed by atoms with van der Waals surface area (Å²) in [5.74, 6) is -0.430. The molecule has 0 saturated heterocycles. The molecule has 1 N–H and O–H groups in total. The number of hydrogen-bond acceptors (Lipinski definition) is 4. The van der Waals surface area contributed by atoms with Crippen molar-refractivity contribution in [2.75, 3.05) is 5.32 Å². The Kier molecular flexibility index (Phi) is 3.95. The van der Waals surface area contributed by atoms with Crippen LogP contribution in [-0.2, 0) is 0 Å². The summed E-state index contributed by atoms with van der Waals surface area (Å²) in [6, 6.07) is 7.34. The molecule has 0 aliphatic carbocycles. The number of anilines is 1. The fraction of sp³-hybridized carbons (Fsp3) is 0.0769. The van der Waals surface area contributed by atoms with Gasteiger partial charge in [0, 0.05) is 28.5 Å². The average Bonchev–Trinajstić information content (AvgIpc) is 2.38. The number of carbonyl (C=O) groups excluding carboxylic acids is 1. The summed E-state index contributed by atoms with van der Waals surface area (Å²) < 4.78 is 0. The molecule has 1 aromatic carbocycles. The van der Waals surface area contributed by atoms with Crippen LogP contribution in [0, 0.1) is 17.0 Å². The van der Waals surface area contributed by atoms with E-state index in [-0.39, 0.29) is 11.4 Å². The lowest BCUT2D eigenvalue weighted by Crippen LogP contribution is -2.13. The number of rotatable bonds is 3. The number of benzene rings is 1. The number of hydrogen-bond donors (Lipinski definition) is 1. The van der Waals surface area contributed by atoms with E-state index in [1.165, 1.54) is 30.5 Å². The van der Waals surface area contributed by atoms with Gasteiger partial charge in [-0.3, -0.25) is 19.9 Å². The summed E-state index contributed by atoms with van der Waals surface area (Å²) in [6.07, 6.45) is 1.43. The van der Waals surface area contributed by atoms with Gasteiger partial charge in [0.15, 0.2) is 0 Å². The first-order valence-electron chi connectivity index (χ1n) is 5.65. The molecule has 2 aromatic rings. The van der Waals surface area contributed by atoms with Crippen molar-refractivity contribution in [1.29, 1.82) is 0 Å². The first-order chi connectivity index (χ1) is 9.47. The lowest BCUT2D eigenvalue weighted by molar-refractivity contribution is -0.385. The van der Waals surface area contributed by atoms with Gasteiger partial charge in [-0.1, -0.05) is 11.6 Å². The molecule has 0 saturated carbocycles. The van der Waals surface area contributed by atoms with Crippen LogP contribution in [0.4, 0.5) is 11.4 Å². The number of halogens is 1. The number of nitro groups is 1. The molecule has 0 aliphatic heterocycles. The summed E-state index contributed by atoms with van der Waals surface area (Å²) in [7, 11) is 0. The predicted molar refractivity (Wildman–Crippen MR) is 75.0 cm³/mol. The normalized spacial score (nSPS) is 10.1. The Labute approximate surface area is 119 Å². The third-order valence-electron chi connectivity index (χ3n) is 2.61. The molecule has 6 nitrogen and oxygen atoms in total. The number of aryl methyl sites for hydroxylation is 1. The molecule has 0 bridgehead atoms. The Bertz CT molecular complexity index is 688. The van der Waals surface area contributed by atoms with Crippen LogP contribution in [0.2, 0.25) is 5.02 Å². The largest absolute Gasteiger partial charge is 0.321 e. The zero-order valence-corrected chi connectivity index (χ0v) is 11.2. The highest BCUT2D eigenvalue weighted by atomic mass is 35.5. The lowest BCUT2D eigenvalue weighted by Gasteiger charge is -2.06. The second-order valence-corrected chi connectivity index (χ2v) is 4.51. The molecule has 1 amide bonds. The summed E-state index contributed by atoms with van der Waals surface area (Å²) in [5.41, 5.74) is 1.10. The zero-order chi connectivity index (χ0) is 14.7. The SMILES string of the molecule is Cc1cc(NC(=O)c2cc(Cl)ccn2)ccc1[N+](=O)[O-]. The van der Waals surface area contributed by atoms with Crippen LogP contribution in [0.1, 0.15) is 16.1 Å². The zero-order valence-electron chi connectivity index (χ0n) is 10.5. The number of pyridine rings is 1. The molecule has 2 rings (SSSR count).